The van der Waals surface area contributed by atoms with Crippen molar-refractivity contribution in [2.45, 2.75) is 19.6 Å². The molecule has 26 heavy (non-hydrogen) atoms. The van der Waals surface area contributed by atoms with Crippen molar-refractivity contribution in [2.24, 2.45) is 0 Å². The molecule has 0 saturated heterocycles. The van der Waals surface area contributed by atoms with Gasteiger partial charge in [0.25, 0.3) is 5.91 Å². The lowest BCUT2D eigenvalue weighted by Crippen LogP contribution is -3.10. The lowest BCUT2D eigenvalue weighted by molar-refractivity contribution is -0.920. The van der Waals surface area contributed by atoms with Crippen LogP contribution in [0.1, 0.15) is 16.4 Å². The summed E-state index contributed by atoms with van der Waals surface area (Å²) in [6, 6.07) is 10.6. The molecule has 0 spiro atoms. The minimum absolute atomic E-state index is 0.159. The predicted molar refractivity (Wildman–Crippen MR) is 95.4 cm³/mol. The van der Waals surface area contributed by atoms with Crippen LogP contribution in [-0.2, 0) is 24.4 Å². The molecule has 0 bridgehead atoms. The molecular formula is C18H20N3O4S+. The summed E-state index contributed by atoms with van der Waals surface area (Å²) >= 11 is 1.64. The van der Waals surface area contributed by atoms with Crippen LogP contribution in [0, 0.1) is 0 Å². The number of imide groups is 1. The van der Waals surface area contributed by atoms with E-state index in [1.807, 2.05) is 29.6 Å². The van der Waals surface area contributed by atoms with E-state index in [0.29, 0.717) is 18.8 Å². The summed E-state index contributed by atoms with van der Waals surface area (Å²) in [6.07, 6.45) is 3.14. The van der Waals surface area contributed by atoms with Gasteiger partial charge in [0.2, 0.25) is 0 Å². The molecule has 0 saturated carbocycles. The smallest absolute Gasteiger partial charge is 0.321 e. The molecule has 3 aromatic heterocycles. The van der Waals surface area contributed by atoms with E-state index in [0.717, 1.165) is 10.7 Å². The van der Waals surface area contributed by atoms with Crippen LogP contribution in [0.2, 0.25) is 0 Å². The van der Waals surface area contributed by atoms with Gasteiger partial charge in [-0.25, -0.2) is 4.79 Å². The monoisotopic (exact) mass is 374 g/mol. The zero-order valence-electron chi connectivity index (χ0n) is 14.1. The normalized spacial score (nSPS) is 11.8. The largest absolute Gasteiger partial charge is 0.467 e. The Balaban J connectivity index is 1.51. The van der Waals surface area contributed by atoms with Gasteiger partial charge in [-0.1, -0.05) is 6.07 Å². The van der Waals surface area contributed by atoms with Gasteiger partial charge < -0.3 is 19.1 Å². The molecule has 0 aromatic carbocycles. The summed E-state index contributed by atoms with van der Waals surface area (Å²) in [4.78, 5) is 26.2. The fourth-order valence-electron chi connectivity index (χ4n) is 2.53. The van der Waals surface area contributed by atoms with Crippen LogP contribution in [-0.4, -0.2) is 18.5 Å². The summed E-state index contributed by atoms with van der Waals surface area (Å²) < 4.78 is 10.5. The summed E-state index contributed by atoms with van der Waals surface area (Å²) in [5.74, 6) is 1.07. The molecule has 0 aliphatic heterocycles. The number of nitrogens with one attached hydrogen (secondary N) is 3. The number of thiophene rings is 1. The van der Waals surface area contributed by atoms with Gasteiger partial charge in [0.1, 0.15) is 18.8 Å². The molecule has 1 atom stereocenters. The number of hydrogen-bond acceptors (Lipinski definition) is 5. The molecule has 1 unspecified atom stereocenters. The SMILES string of the molecule is O=C(C[NH+](Cc1ccco1)Cc1cccs1)NC(=O)NCc1ccco1. The lowest BCUT2D eigenvalue weighted by atomic mass is 10.3. The third kappa shape index (κ3) is 5.61. The zero-order valence-corrected chi connectivity index (χ0v) is 14.9. The molecule has 3 N–H and O–H groups in total. The molecule has 0 aliphatic rings. The second kappa shape index (κ2) is 9.02. The first-order chi connectivity index (χ1) is 12.7. The van der Waals surface area contributed by atoms with Crippen molar-refractivity contribution in [3.63, 3.8) is 0 Å². The molecule has 3 heterocycles. The first-order valence-corrected chi connectivity index (χ1v) is 9.05. The minimum Gasteiger partial charge on any atom is -0.467 e. The molecule has 8 heteroatoms. The van der Waals surface area contributed by atoms with Crippen LogP contribution in [0.5, 0.6) is 0 Å². The van der Waals surface area contributed by atoms with Crippen molar-refractivity contribution < 1.29 is 23.3 Å². The average molecular weight is 374 g/mol. The highest BCUT2D eigenvalue weighted by Gasteiger charge is 2.19. The van der Waals surface area contributed by atoms with E-state index < -0.39 is 6.03 Å². The van der Waals surface area contributed by atoms with Crippen molar-refractivity contribution in [1.82, 2.24) is 10.6 Å². The maximum Gasteiger partial charge on any atom is 0.321 e. The van der Waals surface area contributed by atoms with Crippen molar-refractivity contribution in [3.05, 3.63) is 70.7 Å². The molecule has 0 fully saturated rings. The second-order valence-electron chi connectivity index (χ2n) is 5.75. The maximum atomic E-state index is 12.2. The van der Waals surface area contributed by atoms with E-state index in [2.05, 4.69) is 10.6 Å². The number of hydrogen-bond donors (Lipinski definition) is 3. The Labute approximate surface area is 154 Å². The quantitative estimate of drug-likeness (QED) is 0.558. The van der Waals surface area contributed by atoms with Crippen LogP contribution >= 0.6 is 11.3 Å². The predicted octanol–water partition coefficient (Wildman–Crippen LogP) is 1.55. The fourth-order valence-corrected chi connectivity index (χ4v) is 3.31. The third-order valence-electron chi connectivity index (χ3n) is 3.68. The molecule has 136 valence electrons. The number of rotatable bonds is 8. The Hall–Kier alpha value is -2.84. The van der Waals surface area contributed by atoms with Gasteiger partial charge in [-0.2, -0.15) is 0 Å². The summed E-state index contributed by atoms with van der Waals surface area (Å²) in [5, 5.41) is 6.95. The highest BCUT2D eigenvalue weighted by molar-refractivity contribution is 7.09. The molecule has 0 radical (unpaired) electrons. The van der Waals surface area contributed by atoms with Crippen LogP contribution < -0.4 is 15.5 Å². The van der Waals surface area contributed by atoms with E-state index in [1.54, 1.807) is 29.7 Å². The number of amides is 3. The van der Waals surface area contributed by atoms with Gasteiger partial charge in [-0.05, 0) is 35.7 Å². The molecule has 7 nitrogen and oxygen atoms in total. The number of furan rings is 2. The van der Waals surface area contributed by atoms with E-state index in [9.17, 15) is 9.59 Å². The molecular weight excluding hydrogens is 354 g/mol. The Morgan fingerprint density at radius 3 is 2.42 bits per heavy atom. The molecule has 3 rings (SSSR count). The first kappa shape index (κ1) is 18.0. The Morgan fingerprint density at radius 1 is 1.00 bits per heavy atom. The Morgan fingerprint density at radius 2 is 1.77 bits per heavy atom. The van der Waals surface area contributed by atoms with Crippen LogP contribution in [0.3, 0.4) is 0 Å². The third-order valence-corrected chi connectivity index (χ3v) is 4.55. The van der Waals surface area contributed by atoms with Crippen molar-refractivity contribution in [3.8, 4) is 0 Å². The van der Waals surface area contributed by atoms with Gasteiger partial charge in [0, 0.05) is 0 Å². The second-order valence-corrected chi connectivity index (χ2v) is 6.78. The van der Waals surface area contributed by atoms with E-state index in [4.69, 9.17) is 8.83 Å². The lowest BCUT2D eigenvalue weighted by Gasteiger charge is -2.17. The molecule has 0 aliphatic carbocycles. The van der Waals surface area contributed by atoms with Crippen molar-refractivity contribution in [1.29, 1.82) is 0 Å². The first-order valence-electron chi connectivity index (χ1n) is 8.17. The van der Waals surface area contributed by atoms with E-state index >= 15 is 0 Å². The van der Waals surface area contributed by atoms with Crippen molar-refractivity contribution in [2.75, 3.05) is 6.54 Å². The summed E-state index contributed by atoms with van der Waals surface area (Å²) in [7, 11) is 0. The van der Waals surface area contributed by atoms with E-state index in [-0.39, 0.29) is 19.0 Å². The minimum atomic E-state index is -0.542. The topological polar surface area (TPSA) is 88.9 Å². The van der Waals surface area contributed by atoms with Crippen LogP contribution in [0.25, 0.3) is 0 Å². The number of carbonyl (C=O) groups is 2. The summed E-state index contributed by atoms with van der Waals surface area (Å²) in [6.45, 7) is 1.63. The standard InChI is InChI=1S/C18H19N3O4S/c22-17(20-18(23)19-10-14-4-1-7-24-14)13-21(11-15-5-2-8-25-15)12-16-6-3-9-26-16/h1-9H,10-13H2,(H2,19,20,22,23)/p+1. The fraction of sp³-hybridized carbons (Fsp3) is 0.222. The van der Waals surface area contributed by atoms with E-state index in [1.165, 1.54) is 11.1 Å². The molecule has 3 amide bonds. The maximum absolute atomic E-state index is 12.2. The highest BCUT2D eigenvalue weighted by Crippen LogP contribution is 2.06. The van der Waals surface area contributed by atoms with Gasteiger partial charge in [-0.15, -0.1) is 11.3 Å². The highest BCUT2D eigenvalue weighted by atomic mass is 32.1. The summed E-state index contributed by atoms with van der Waals surface area (Å²) in [5.41, 5.74) is 0. The average Bonchev–Trinajstić information content (AvgIpc) is 3.36. The Bertz CT molecular complexity index is 762. The zero-order chi connectivity index (χ0) is 18.2. The molecule has 3 aromatic rings. The number of urea groups is 1. The van der Waals surface area contributed by atoms with Crippen LogP contribution in [0.4, 0.5) is 4.79 Å². The number of quaternary nitrogens is 1. The van der Waals surface area contributed by atoms with Crippen molar-refractivity contribution >= 4 is 23.3 Å². The Kier molecular flexibility index (Phi) is 6.24. The number of carbonyl (C=O) groups excluding carboxylic acids is 2. The van der Waals surface area contributed by atoms with Gasteiger partial charge >= 0.3 is 6.03 Å². The van der Waals surface area contributed by atoms with Gasteiger partial charge in [0.15, 0.2) is 12.3 Å². The van der Waals surface area contributed by atoms with Crippen LogP contribution in [0.15, 0.2) is 63.1 Å². The van der Waals surface area contributed by atoms with Gasteiger partial charge in [0.05, 0.1) is 23.9 Å². The van der Waals surface area contributed by atoms with Gasteiger partial charge in [-0.3, -0.25) is 10.1 Å².